The Balaban J connectivity index is 1.49. The SMILES string of the molecule is CCOc1ccc(OCC(=O)NCC2(c3ccsc3)CCCC2)cc1. The van der Waals surface area contributed by atoms with Crippen molar-refractivity contribution < 1.29 is 14.3 Å². The number of carbonyl (C=O) groups excluding carboxylic acids is 1. The minimum absolute atomic E-state index is 0.0354. The van der Waals surface area contributed by atoms with Crippen LogP contribution in [-0.2, 0) is 10.2 Å². The first-order valence-electron chi connectivity index (χ1n) is 8.87. The van der Waals surface area contributed by atoms with Crippen molar-refractivity contribution in [3.8, 4) is 11.5 Å². The van der Waals surface area contributed by atoms with Crippen molar-refractivity contribution in [3.05, 3.63) is 46.7 Å². The molecule has 4 nitrogen and oxygen atoms in total. The summed E-state index contributed by atoms with van der Waals surface area (Å²) in [7, 11) is 0. The van der Waals surface area contributed by atoms with Gasteiger partial charge in [0.15, 0.2) is 6.61 Å². The number of benzene rings is 1. The minimum atomic E-state index is -0.0737. The number of carbonyl (C=O) groups is 1. The monoisotopic (exact) mass is 359 g/mol. The summed E-state index contributed by atoms with van der Waals surface area (Å²) in [4.78, 5) is 12.2. The lowest BCUT2D eigenvalue weighted by Gasteiger charge is -2.28. The average Bonchev–Trinajstić information content (AvgIpc) is 3.32. The molecule has 1 fully saturated rings. The molecular formula is C20H25NO3S. The zero-order valence-corrected chi connectivity index (χ0v) is 15.4. The van der Waals surface area contributed by atoms with Gasteiger partial charge in [0.2, 0.25) is 0 Å². The molecule has 25 heavy (non-hydrogen) atoms. The van der Waals surface area contributed by atoms with E-state index >= 15 is 0 Å². The molecule has 0 aliphatic heterocycles. The van der Waals surface area contributed by atoms with E-state index in [1.807, 2.05) is 31.2 Å². The Morgan fingerprint density at radius 1 is 1.12 bits per heavy atom. The summed E-state index contributed by atoms with van der Waals surface area (Å²) in [6, 6.07) is 9.53. The number of hydrogen-bond donors (Lipinski definition) is 1. The molecule has 1 aromatic carbocycles. The first kappa shape index (κ1) is 17.8. The highest BCUT2D eigenvalue weighted by Gasteiger charge is 2.36. The molecule has 0 radical (unpaired) electrons. The van der Waals surface area contributed by atoms with Gasteiger partial charge in [0.1, 0.15) is 11.5 Å². The third-order valence-electron chi connectivity index (χ3n) is 4.82. The Morgan fingerprint density at radius 3 is 2.40 bits per heavy atom. The Hall–Kier alpha value is -2.01. The molecule has 1 amide bonds. The number of ether oxygens (including phenoxy) is 2. The van der Waals surface area contributed by atoms with Crippen LogP contribution in [0, 0.1) is 0 Å². The molecule has 0 atom stereocenters. The molecule has 1 aliphatic rings. The molecule has 3 rings (SSSR count). The van der Waals surface area contributed by atoms with E-state index in [0.29, 0.717) is 18.9 Å². The fraction of sp³-hybridized carbons (Fsp3) is 0.450. The number of rotatable bonds is 8. The predicted octanol–water partition coefficient (Wildman–Crippen LogP) is 4.15. The van der Waals surface area contributed by atoms with Crippen molar-refractivity contribution in [1.82, 2.24) is 5.32 Å². The first-order chi connectivity index (χ1) is 12.2. The summed E-state index contributed by atoms with van der Waals surface area (Å²) in [5, 5.41) is 7.41. The van der Waals surface area contributed by atoms with Gasteiger partial charge >= 0.3 is 0 Å². The lowest BCUT2D eigenvalue weighted by atomic mass is 9.80. The van der Waals surface area contributed by atoms with Gasteiger partial charge < -0.3 is 14.8 Å². The summed E-state index contributed by atoms with van der Waals surface area (Å²) in [6.45, 7) is 3.30. The van der Waals surface area contributed by atoms with Gasteiger partial charge in [-0.1, -0.05) is 12.8 Å². The Morgan fingerprint density at radius 2 is 1.80 bits per heavy atom. The van der Waals surface area contributed by atoms with Gasteiger partial charge in [-0.2, -0.15) is 11.3 Å². The second-order valence-electron chi connectivity index (χ2n) is 6.47. The van der Waals surface area contributed by atoms with E-state index in [9.17, 15) is 4.79 Å². The Kier molecular flexibility index (Phi) is 5.97. The largest absolute Gasteiger partial charge is 0.494 e. The first-order valence-corrected chi connectivity index (χ1v) is 9.81. The topological polar surface area (TPSA) is 47.6 Å². The maximum Gasteiger partial charge on any atom is 0.257 e. The molecule has 0 saturated heterocycles. The molecule has 2 aromatic rings. The Labute approximate surface area is 153 Å². The van der Waals surface area contributed by atoms with Crippen LogP contribution in [0.4, 0.5) is 0 Å². The second kappa shape index (κ2) is 8.39. The molecule has 1 saturated carbocycles. The molecular weight excluding hydrogens is 334 g/mol. The third-order valence-corrected chi connectivity index (χ3v) is 5.51. The lowest BCUT2D eigenvalue weighted by Crippen LogP contribution is -2.40. The highest BCUT2D eigenvalue weighted by molar-refractivity contribution is 7.08. The van der Waals surface area contributed by atoms with E-state index < -0.39 is 0 Å². The zero-order chi connectivity index (χ0) is 17.5. The van der Waals surface area contributed by atoms with Crippen LogP contribution in [-0.4, -0.2) is 25.7 Å². The molecule has 0 bridgehead atoms. The van der Waals surface area contributed by atoms with Crippen LogP contribution in [0.15, 0.2) is 41.1 Å². The molecule has 1 heterocycles. The number of hydrogen-bond acceptors (Lipinski definition) is 4. The molecule has 0 spiro atoms. The third kappa shape index (κ3) is 4.54. The minimum Gasteiger partial charge on any atom is -0.494 e. The standard InChI is InChI=1S/C20H25NO3S/c1-2-23-17-5-7-18(8-6-17)24-13-19(22)21-15-20(10-3-4-11-20)16-9-12-25-14-16/h5-9,12,14H,2-4,10-11,13,15H2,1H3,(H,21,22). The zero-order valence-electron chi connectivity index (χ0n) is 14.6. The number of nitrogens with one attached hydrogen (secondary N) is 1. The van der Waals surface area contributed by atoms with E-state index in [4.69, 9.17) is 9.47 Å². The second-order valence-corrected chi connectivity index (χ2v) is 7.25. The highest BCUT2D eigenvalue weighted by Crippen LogP contribution is 2.41. The smallest absolute Gasteiger partial charge is 0.257 e. The molecule has 0 unspecified atom stereocenters. The van der Waals surface area contributed by atoms with Crippen molar-refractivity contribution in [2.24, 2.45) is 0 Å². The maximum atomic E-state index is 12.2. The molecule has 5 heteroatoms. The summed E-state index contributed by atoms with van der Waals surface area (Å²) >= 11 is 1.72. The van der Waals surface area contributed by atoms with Crippen LogP contribution in [0.2, 0.25) is 0 Å². The van der Waals surface area contributed by atoms with Crippen LogP contribution >= 0.6 is 11.3 Å². The molecule has 1 N–H and O–H groups in total. The fourth-order valence-electron chi connectivity index (χ4n) is 3.45. The summed E-state index contributed by atoms with van der Waals surface area (Å²) in [5.74, 6) is 1.40. The summed E-state index contributed by atoms with van der Waals surface area (Å²) in [5.41, 5.74) is 1.47. The van der Waals surface area contributed by atoms with Gasteiger partial charge in [-0.15, -0.1) is 0 Å². The van der Waals surface area contributed by atoms with Gasteiger partial charge in [-0.05, 0) is 66.4 Å². The van der Waals surface area contributed by atoms with E-state index in [1.165, 1.54) is 18.4 Å². The van der Waals surface area contributed by atoms with Gasteiger partial charge in [0, 0.05) is 12.0 Å². The van der Waals surface area contributed by atoms with Crippen molar-refractivity contribution in [1.29, 1.82) is 0 Å². The van der Waals surface area contributed by atoms with E-state index in [-0.39, 0.29) is 17.9 Å². The highest BCUT2D eigenvalue weighted by atomic mass is 32.1. The van der Waals surface area contributed by atoms with Crippen LogP contribution in [0.25, 0.3) is 0 Å². The summed E-state index contributed by atoms with van der Waals surface area (Å²) in [6.07, 6.45) is 4.75. The fourth-order valence-corrected chi connectivity index (χ4v) is 4.23. The quantitative estimate of drug-likeness (QED) is 0.770. The molecule has 1 aromatic heterocycles. The van der Waals surface area contributed by atoms with Crippen LogP contribution in [0.3, 0.4) is 0 Å². The summed E-state index contributed by atoms with van der Waals surface area (Å²) < 4.78 is 11.0. The number of thiophene rings is 1. The van der Waals surface area contributed by atoms with Gasteiger partial charge in [0.25, 0.3) is 5.91 Å². The normalized spacial score (nSPS) is 15.7. The van der Waals surface area contributed by atoms with Crippen LogP contribution in [0.5, 0.6) is 11.5 Å². The van der Waals surface area contributed by atoms with Crippen LogP contribution in [0.1, 0.15) is 38.2 Å². The predicted molar refractivity (Wildman–Crippen MR) is 101 cm³/mol. The van der Waals surface area contributed by atoms with E-state index in [0.717, 1.165) is 18.6 Å². The van der Waals surface area contributed by atoms with E-state index in [1.54, 1.807) is 11.3 Å². The van der Waals surface area contributed by atoms with Gasteiger partial charge in [-0.3, -0.25) is 4.79 Å². The lowest BCUT2D eigenvalue weighted by molar-refractivity contribution is -0.123. The molecule has 134 valence electrons. The molecule has 1 aliphatic carbocycles. The van der Waals surface area contributed by atoms with Crippen LogP contribution < -0.4 is 14.8 Å². The van der Waals surface area contributed by atoms with Gasteiger partial charge in [0.05, 0.1) is 6.61 Å². The maximum absolute atomic E-state index is 12.2. The average molecular weight is 359 g/mol. The van der Waals surface area contributed by atoms with Crippen molar-refractivity contribution >= 4 is 17.2 Å². The van der Waals surface area contributed by atoms with Crippen molar-refractivity contribution in [3.63, 3.8) is 0 Å². The van der Waals surface area contributed by atoms with Crippen molar-refractivity contribution in [2.45, 2.75) is 38.0 Å². The van der Waals surface area contributed by atoms with Gasteiger partial charge in [-0.25, -0.2) is 0 Å². The van der Waals surface area contributed by atoms with Crippen molar-refractivity contribution in [2.75, 3.05) is 19.8 Å². The number of amides is 1. The van der Waals surface area contributed by atoms with E-state index in [2.05, 4.69) is 22.1 Å². The Bertz CT molecular complexity index is 661.